The van der Waals surface area contributed by atoms with Gasteiger partial charge in [-0.3, -0.25) is 4.79 Å². The van der Waals surface area contributed by atoms with Crippen molar-refractivity contribution in [3.05, 3.63) is 34.3 Å². The SMILES string of the molecule is CC.Cc1cc(Cl)cc(C(=O)N(C)C2COC2)c1. The first-order valence-corrected chi connectivity index (χ1v) is 6.58. The Morgan fingerprint density at radius 1 is 1.33 bits per heavy atom. The van der Waals surface area contributed by atoms with Crippen LogP contribution in [0.25, 0.3) is 0 Å². The third-order valence-corrected chi connectivity index (χ3v) is 3.00. The molecular weight excluding hydrogens is 250 g/mol. The molecule has 1 aromatic carbocycles. The van der Waals surface area contributed by atoms with Crippen molar-refractivity contribution >= 4 is 17.5 Å². The van der Waals surface area contributed by atoms with Gasteiger partial charge in [-0.25, -0.2) is 0 Å². The van der Waals surface area contributed by atoms with Crippen LogP contribution in [0.4, 0.5) is 0 Å². The fraction of sp³-hybridized carbons (Fsp3) is 0.500. The van der Waals surface area contributed by atoms with Crippen molar-refractivity contribution in [1.82, 2.24) is 4.90 Å². The molecule has 4 heteroatoms. The van der Waals surface area contributed by atoms with E-state index in [9.17, 15) is 4.79 Å². The van der Waals surface area contributed by atoms with Crippen LogP contribution in [0.3, 0.4) is 0 Å². The highest BCUT2D eigenvalue weighted by Gasteiger charge is 2.27. The van der Waals surface area contributed by atoms with Crippen molar-refractivity contribution < 1.29 is 9.53 Å². The molecule has 0 N–H and O–H groups in total. The summed E-state index contributed by atoms with van der Waals surface area (Å²) in [6.07, 6.45) is 0. The zero-order valence-corrected chi connectivity index (χ0v) is 12.1. The zero-order valence-electron chi connectivity index (χ0n) is 11.4. The standard InChI is InChI=1S/C12H14ClNO2.C2H6/c1-8-3-9(5-10(13)4-8)12(15)14(2)11-6-16-7-11;1-2/h3-5,11H,6-7H2,1-2H3;1-2H3. The van der Waals surface area contributed by atoms with E-state index >= 15 is 0 Å². The first kappa shape index (κ1) is 15.0. The summed E-state index contributed by atoms with van der Waals surface area (Å²) in [7, 11) is 1.80. The van der Waals surface area contributed by atoms with Gasteiger partial charge in [-0.15, -0.1) is 0 Å². The summed E-state index contributed by atoms with van der Waals surface area (Å²) in [4.78, 5) is 13.8. The van der Waals surface area contributed by atoms with E-state index in [2.05, 4.69) is 0 Å². The average Bonchev–Trinajstić information content (AvgIpc) is 2.27. The molecule has 0 unspecified atom stereocenters. The average molecular weight is 270 g/mol. The van der Waals surface area contributed by atoms with Crippen molar-refractivity contribution in [2.45, 2.75) is 26.8 Å². The van der Waals surface area contributed by atoms with Gasteiger partial charge in [-0.1, -0.05) is 25.4 Å². The minimum atomic E-state index is -0.00102. The Bertz CT molecular complexity index is 396. The Morgan fingerprint density at radius 3 is 2.39 bits per heavy atom. The van der Waals surface area contributed by atoms with Gasteiger partial charge in [-0.2, -0.15) is 0 Å². The summed E-state index contributed by atoms with van der Waals surface area (Å²) in [5.41, 5.74) is 1.63. The molecule has 100 valence electrons. The van der Waals surface area contributed by atoms with Crippen molar-refractivity contribution in [2.24, 2.45) is 0 Å². The maximum Gasteiger partial charge on any atom is 0.254 e. The van der Waals surface area contributed by atoms with Crippen LogP contribution in [0.2, 0.25) is 5.02 Å². The molecular formula is C14H20ClNO2. The van der Waals surface area contributed by atoms with E-state index < -0.39 is 0 Å². The number of amides is 1. The summed E-state index contributed by atoms with van der Waals surface area (Å²) in [5, 5.41) is 0.599. The molecule has 1 aliphatic heterocycles. The molecule has 1 aromatic rings. The highest BCUT2D eigenvalue weighted by atomic mass is 35.5. The van der Waals surface area contributed by atoms with Gasteiger partial charge >= 0.3 is 0 Å². The molecule has 18 heavy (non-hydrogen) atoms. The van der Waals surface area contributed by atoms with E-state index in [1.807, 2.05) is 32.9 Å². The quantitative estimate of drug-likeness (QED) is 0.825. The van der Waals surface area contributed by atoms with E-state index in [1.165, 1.54) is 0 Å². The fourth-order valence-corrected chi connectivity index (χ4v) is 1.97. The number of halogens is 1. The lowest BCUT2D eigenvalue weighted by Gasteiger charge is -2.34. The monoisotopic (exact) mass is 269 g/mol. The van der Waals surface area contributed by atoms with Crippen molar-refractivity contribution in [3.63, 3.8) is 0 Å². The second-order valence-electron chi connectivity index (χ2n) is 4.12. The fourth-order valence-electron chi connectivity index (χ4n) is 1.68. The molecule has 3 nitrogen and oxygen atoms in total. The van der Waals surface area contributed by atoms with E-state index in [0.29, 0.717) is 23.8 Å². The van der Waals surface area contributed by atoms with Gasteiger partial charge in [0.1, 0.15) is 0 Å². The van der Waals surface area contributed by atoms with Crippen LogP contribution >= 0.6 is 11.6 Å². The number of rotatable bonds is 2. The molecule has 1 saturated heterocycles. The van der Waals surface area contributed by atoms with E-state index in [0.717, 1.165) is 5.56 Å². The molecule has 0 aliphatic carbocycles. The number of nitrogens with zero attached hydrogens (tertiary/aromatic N) is 1. The summed E-state index contributed by atoms with van der Waals surface area (Å²) in [6.45, 7) is 7.18. The van der Waals surface area contributed by atoms with Crippen molar-refractivity contribution in [3.8, 4) is 0 Å². The molecule has 0 atom stereocenters. The summed E-state index contributed by atoms with van der Waals surface area (Å²) >= 11 is 5.93. The van der Waals surface area contributed by atoms with Crippen LogP contribution in [0.5, 0.6) is 0 Å². The molecule has 0 aromatic heterocycles. The molecule has 0 saturated carbocycles. The van der Waals surface area contributed by atoms with E-state index in [-0.39, 0.29) is 11.9 Å². The Kier molecular flexibility index (Phi) is 5.63. The van der Waals surface area contributed by atoms with Gasteiger partial charge in [-0.05, 0) is 30.7 Å². The molecule has 0 spiro atoms. The number of hydrogen-bond donors (Lipinski definition) is 0. The number of ether oxygens (including phenoxy) is 1. The normalized spacial score (nSPS) is 14.3. The second kappa shape index (κ2) is 6.76. The molecule has 1 fully saturated rings. The van der Waals surface area contributed by atoms with Crippen LogP contribution < -0.4 is 0 Å². The largest absolute Gasteiger partial charge is 0.377 e. The van der Waals surface area contributed by atoms with Gasteiger partial charge in [0.05, 0.1) is 19.3 Å². The zero-order chi connectivity index (χ0) is 13.7. The van der Waals surface area contributed by atoms with Crippen LogP contribution in [0, 0.1) is 6.92 Å². The lowest BCUT2D eigenvalue weighted by atomic mass is 10.1. The predicted molar refractivity (Wildman–Crippen MR) is 74.2 cm³/mol. The molecule has 2 rings (SSSR count). The third-order valence-electron chi connectivity index (χ3n) is 2.78. The number of carbonyl (C=O) groups excluding carboxylic acids is 1. The first-order chi connectivity index (χ1) is 8.58. The second-order valence-corrected chi connectivity index (χ2v) is 4.56. The molecule has 1 heterocycles. The smallest absolute Gasteiger partial charge is 0.254 e. The third kappa shape index (κ3) is 3.47. The lowest BCUT2D eigenvalue weighted by molar-refractivity contribution is -0.0467. The first-order valence-electron chi connectivity index (χ1n) is 6.20. The Labute approximate surface area is 114 Å². The van der Waals surface area contributed by atoms with Gasteiger partial charge in [0.25, 0.3) is 5.91 Å². The number of carbonyl (C=O) groups is 1. The van der Waals surface area contributed by atoms with Crippen LogP contribution in [0.15, 0.2) is 18.2 Å². The number of likely N-dealkylation sites (N-methyl/N-ethyl adjacent to an activating group) is 1. The van der Waals surface area contributed by atoms with E-state index in [4.69, 9.17) is 16.3 Å². The highest BCUT2D eigenvalue weighted by molar-refractivity contribution is 6.31. The Hall–Kier alpha value is -1.06. The molecule has 1 aliphatic rings. The predicted octanol–water partition coefficient (Wildman–Crippen LogP) is 3.15. The minimum absolute atomic E-state index is 0.00102. The number of benzene rings is 1. The lowest BCUT2D eigenvalue weighted by Crippen LogP contribution is -2.49. The van der Waals surface area contributed by atoms with Crippen LogP contribution in [-0.4, -0.2) is 37.1 Å². The topological polar surface area (TPSA) is 29.5 Å². The molecule has 0 radical (unpaired) electrons. The summed E-state index contributed by atoms with van der Waals surface area (Å²) in [5.74, 6) is -0.00102. The Morgan fingerprint density at radius 2 is 1.94 bits per heavy atom. The maximum absolute atomic E-state index is 12.1. The summed E-state index contributed by atoms with van der Waals surface area (Å²) < 4.78 is 5.07. The van der Waals surface area contributed by atoms with Crippen LogP contribution in [-0.2, 0) is 4.74 Å². The molecule has 1 amide bonds. The van der Waals surface area contributed by atoms with Gasteiger partial charge in [0.2, 0.25) is 0 Å². The number of aryl methyl sites for hydroxylation is 1. The minimum Gasteiger partial charge on any atom is -0.377 e. The maximum atomic E-state index is 12.1. The van der Waals surface area contributed by atoms with E-state index in [1.54, 1.807) is 18.0 Å². The molecule has 0 bridgehead atoms. The number of hydrogen-bond acceptors (Lipinski definition) is 2. The van der Waals surface area contributed by atoms with Gasteiger partial charge < -0.3 is 9.64 Å². The van der Waals surface area contributed by atoms with Crippen LogP contribution in [0.1, 0.15) is 29.8 Å². The van der Waals surface area contributed by atoms with Crippen molar-refractivity contribution in [1.29, 1.82) is 0 Å². The summed E-state index contributed by atoms with van der Waals surface area (Å²) in [6, 6.07) is 5.59. The van der Waals surface area contributed by atoms with Gasteiger partial charge in [0, 0.05) is 17.6 Å². The Balaban J connectivity index is 0.000000771. The van der Waals surface area contributed by atoms with Gasteiger partial charge in [0.15, 0.2) is 0 Å². The van der Waals surface area contributed by atoms with Crippen molar-refractivity contribution in [2.75, 3.05) is 20.3 Å². The highest BCUT2D eigenvalue weighted by Crippen LogP contribution is 2.18.